The van der Waals surface area contributed by atoms with Gasteiger partial charge < -0.3 is 4.42 Å². The quantitative estimate of drug-likeness (QED) is 0.731. The number of nitrogens with zero attached hydrogens (tertiary/aromatic N) is 1. The minimum absolute atomic E-state index is 0.207. The molecule has 0 aliphatic heterocycles. The zero-order valence-corrected chi connectivity index (χ0v) is 8.88. The molecule has 0 atom stereocenters. The van der Waals surface area contributed by atoms with Gasteiger partial charge in [-0.15, -0.1) is 11.6 Å². The first-order chi connectivity index (χ1) is 7.22. The van der Waals surface area contributed by atoms with Crippen LogP contribution in [0, 0.1) is 12.7 Å². The molecule has 78 valence electrons. The maximum Gasteiger partial charge on any atom is 0.181 e. The minimum Gasteiger partial charge on any atom is -0.443 e. The van der Waals surface area contributed by atoms with Crippen molar-refractivity contribution in [1.29, 1.82) is 0 Å². The number of aryl methyl sites for hydroxylation is 1. The van der Waals surface area contributed by atoms with Crippen LogP contribution in [0.3, 0.4) is 0 Å². The van der Waals surface area contributed by atoms with Crippen LogP contribution in [0.15, 0.2) is 29.0 Å². The van der Waals surface area contributed by atoms with E-state index in [9.17, 15) is 4.39 Å². The summed E-state index contributed by atoms with van der Waals surface area (Å²) in [6.45, 7) is 1.83. The Hall–Kier alpha value is -1.35. The molecule has 1 heterocycles. The molecule has 0 saturated carbocycles. The van der Waals surface area contributed by atoms with E-state index >= 15 is 0 Å². The number of hydrogen-bond donors (Lipinski definition) is 0. The molecule has 2 aromatic rings. The SMILES string of the molecule is Cc1ccc(-c2ocnc2CCl)c(F)c1. The van der Waals surface area contributed by atoms with Crippen LogP contribution >= 0.6 is 11.6 Å². The second-order valence-corrected chi connectivity index (χ2v) is 3.51. The number of benzene rings is 1. The van der Waals surface area contributed by atoms with Crippen molar-refractivity contribution < 1.29 is 8.81 Å². The van der Waals surface area contributed by atoms with Crippen molar-refractivity contribution in [1.82, 2.24) is 4.98 Å². The second-order valence-electron chi connectivity index (χ2n) is 3.25. The monoisotopic (exact) mass is 225 g/mol. The van der Waals surface area contributed by atoms with E-state index < -0.39 is 0 Å². The fraction of sp³-hybridized carbons (Fsp3) is 0.182. The summed E-state index contributed by atoms with van der Waals surface area (Å²) < 4.78 is 18.7. The molecule has 4 heteroatoms. The summed E-state index contributed by atoms with van der Waals surface area (Å²) in [6.07, 6.45) is 1.27. The standard InChI is InChI=1S/C11H9ClFNO/c1-7-2-3-8(9(13)4-7)11-10(5-12)14-6-15-11/h2-4,6H,5H2,1H3. The molecule has 0 amide bonds. The zero-order valence-electron chi connectivity index (χ0n) is 8.13. The highest BCUT2D eigenvalue weighted by atomic mass is 35.5. The number of halogens is 2. The van der Waals surface area contributed by atoms with Crippen molar-refractivity contribution in [3.63, 3.8) is 0 Å². The van der Waals surface area contributed by atoms with Crippen LogP contribution < -0.4 is 0 Å². The van der Waals surface area contributed by atoms with Crippen molar-refractivity contribution in [3.05, 3.63) is 41.7 Å². The van der Waals surface area contributed by atoms with Gasteiger partial charge in [0.1, 0.15) is 11.5 Å². The Kier molecular flexibility index (Phi) is 2.73. The third kappa shape index (κ3) is 1.88. The molecular weight excluding hydrogens is 217 g/mol. The molecule has 1 aromatic carbocycles. The molecule has 0 saturated heterocycles. The van der Waals surface area contributed by atoms with Gasteiger partial charge in [0.05, 0.1) is 11.4 Å². The Morgan fingerprint density at radius 3 is 2.93 bits per heavy atom. The molecule has 1 aromatic heterocycles. The van der Waals surface area contributed by atoms with Crippen LogP contribution in [0.5, 0.6) is 0 Å². The fourth-order valence-electron chi connectivity index (χ4n) is 1.39. The minimum atomic E-state index is -0.321. The summed E-state index contributed by atoms with van der Waals surface area (Å²) in [7, 11) is 0. The van der Waals surface area contributed by atoms with Gasteiger partial charge in [-0.05, 0) is 24.6 Å². The molecule has 0 N–H and O–H groups in total. The highest BCUT2D eigenvalue weighted by molar-refractivity contribution is 6.17. The molecule has 0 unspecified atom stereocenters. The van der Waals surface area contributed by atoms with Gasteiger partial charge in [-0.2, -0.15) is 0 Å². The van der Waals surface area contributed by atoms with Gasteiger partial charge in [0.25, 0.3) is 0 Å². The molecule has 0 aliphatic carbocycles. The number of hydrogen-bond acceptors (Lipinski definition) is 2. The van der Waals surface area contributed by atoms with Crippen LogP contribution in [-0.4, -0.2) is 4.98 Å². The largest absolute Gasteiger partial charge is 0.443 e. The Morgan fingerprint density at radius 1 is 1.47 bits per heavy atom. The van der Waals surface area contributed by atoms with E-state index in [-0.39, 0.29) is 11.7 Å². The van der Waals surface area contributed by atoms with Gasteiger partial charge in [-0.3, -0.25) is 0 Å². The topological polar surface area (TPSA) is 26.0 Å². The van der Waals surface area contributed by atoms with Crippen LogP contribution in [0.4, 0.5) is 4.39 Å². The van der Waals surface area contributed by atoms with Crippen LogP contribution in [0.2, 0.25) is 0 Å². The van der Waals surface area contributed by atoms with Gasteiger partial charge in [0.15, 0.2) is 12.2 Å². The second kappa shape index (κ2) is 4.03. The van der Waals surface area contributed by atoms with E-state index in [1.165, 1.54) is 12.5 Å². The van der Waals surface area contributed by atoms with Crippen molar-refractivity contribution in [3.8, 4) is 11.3 Å². The van der Waals surface area contributed by atoms with E-state index in [0.717, 1.165) is 5.56 Å². The van der Waals surface area contributed by atoms with Gasteiger partial charge >= 0.3 is 0 Å². The molecule has 0 aliphatic rings. The Morgan fingerprint density at radius 2 is 2.27 bits per heavy atom. The maximum atomic E-state index is 13.6. The Labute approximate surface area is 91.7 Å². The van der Waals surface area contributed by atoms with Crippen LogP contribution in [0.1, 0.15) is 11.3 Å². The lowest BCUT2D eigenvalue weighted by Crippen LogP contribution is -1.88. The summed E-state index contributed by atoms with van der Waals surface area (Å²) in [4.78, 5) is 3.91. The van der Waals surface area contributed by atoms with E-state index in [4.69, 9.17) is 16.0 Å². The van der Waals surface area contributed by atoms with Crippen molar-refractivity contribution >= 4 is 11.6 Å². The lowest BCUT2D eigenvalue weighted by Gasteiger charge is -2.01. The summed E-state index contributed by atoms with van der Waals surface area (Å²) in [5.41, 5.74) is 1.82. The zero-order chi connectivity index (χ0) is 10.8. The highest BCUT2D eigenvalue weighted by Crippen LogP contribution is 2.27. The number of oxazole rings is 1. The number of rotatable bonds is 2. The molecule has 0 bridgehead atoms. The maximum absolute atomic E-state index is 13.6. The fourth-order valence-corrected chi connectivity index (χ4v) is 1.58. The highest BCUT2D eigenvalue weighted by Gasteiger charge is 2.13. The lowest BCUT2D eigenvalue weighted by atomic mass is 10.1. The van der Waals surface area contributed by atoms with Gasteiger partial charge in [0.2, 0.25) is 0 Å². The van der Waals surface area contributed by atoms with Gasteiger partial charge in [-0.25, -0.2) is 9.37 Å². The van der Waals surface area contributed by atoms with Crippen molar-refractivity contribution in [2.75, 3.05) is 0 Å². The average molecular weight is 226 g/mol. The first-order valence-corrected chi connectivity index (χ1v) is 5.00. The molecule has 0 spiro atoms. The van der Waals surface area contributed by atoms with Crippen LogP contribution in [0.25, 0.3) is 11.3 Å². The molecule has 2 rings (SSSR count). The molecule has 2 nitrogen and oxygen atoms in total. The summed E-state index contributed by atoms with van der Waals surface area (Å²) >= 11 is 5.66. The Bertz CT molecular complexity index is 481. The summed E-state index contributed by atoms with van der Waals surface area (Å²) in [5.74, 6) is 0.291. The smallest absolute Gasteiger partial charge is 0.181 e. The van der Waals surface area contributed by atoms with Gasteiger partial charge in [-0.1, -0.05) is 6.07 Å². The van der Waals surface area contributed by atoms with Crippen LogP contribution in [-0.2, 0) is 5.88 Å². The molecule has 0 radical (unpaired) electrons. The predicted molar refractivity (Wildman–Crippen MR) is 56.2 cm³/mol. The predicted octanol–water partition coefficient (Wildman–Crippen LogP) is 3.53. The van der Waals surface area contributed by atoms with E-state index in [1.807, 2.05) is 13.0 Å². The normalized spacial score (nSPS) is 10.6. The molecular formula is C11H9ClFNO. The van der Waals surface area contributed by atoms with Crippen molar-refractivity contribution in [2.24, 2.45) is 0 Å². The van der Waals surface area contributed by atoms with E-state index in [0.29, 0.717) is 17.0 Å². The summed E-state index contributed by atoms with van der Waals surface area (Å²) in [5, 5.41) is 0. The molecule has 0 fully saturated rings. The molecule has 15 heavy (non-hydrogen) atoms. The first kappa shape index (κ1) is 10.2. The lowest BCUT2D eigenvalue weighted by molar-refractivity contribution is 0.560. The Balaban J connectivity index is 2.54. The third-order valence-corrected chi connectivity index (χ3v) is 2.39. The summed E-state index contributed by atoms with van der Waals surface area (Å²) in [6, 6.07) is 4.94. The van der Waals surface area contributed by atoms with E-state index in [2.05, 4.69) is 4.98 Å². The van der Waals surface area contributed by atoms with E-state index in [1.54, 1.807) is 6.07 Å². The number of alkyl halides is 1. The first-order valence-electron chi connectivity index (χ1n) is 4.47. The number of aromatic nitrogens is 1. The van der Waals surface area contributed by atoms with Gasteiger partial charge in [0, 0.05) is 0 Å². The average Bonchev–Trinajstić information content (AvgIpc) is 2.65. The third-order valence-electron chi connectivity index (χ3n) is 2.14. The van der Waals surface area contributed by atoms with Crippen molar-refractivity contribution in [2.45, 2.75) is 12.8 Å².